The average Bonchev–Trinajstić information content (AvgIpc) is 3.15. The fourth-order valence-corrected chi connectivity index (χ4v) is 2.75. The summed E-state index contributed by atoms with van der Waals surface area (Å²) in [5.74, 6) is 0.571. The van der Waals surface area contributed by atoms with Crippen molar-refractivity contribution in [1.29, 1.82) is 0 Å². The number of nitrogens with one attached hydrogen (secondary N) is 1. The van der Waals surface area contributed by atoms with Crippen LogP contribution in [0.15, 0.2) is 47.3 Å². The number of nitrogens with zero attached hydrogens (tertiary/aromatic N) is 2. The van der Waals surface area contributed by atoms with Crippen LogP contribution in [0.1, 0.15) is 33.8 Å². The minimum Gasteiger partial charge on any atom is -0.459 e. The predicted molar refractivity (Wildman–Crippen MR) is 83.9 cm³/mol. The number of pyridine rings is 1. The predicted octanol–water partition coefficient (Wildman–Crippen LogP) is 1.96. The van der Waals surface area contributed by atoms with E-state index < -0.39 is 0 Å². The molecule has 1 saturated heterocycles. The van der Waals surface area contributed by atoms with Gasteiger partial charge in [-0.3, -0.25) is 14.6 Å². The van der Waals surface area contributed by atoms with Crippen LogP contribution in [0.3, 0.4) is 0 Å². The Kier molecular flexibility index (Phi) is 4.71. The van der Waals surface area contributed by atoms with Gasteiger partial charge < -0.3 is 14.6 Å². The maximum Gasteiger partial charge on any atom is 0.286 e. The second kappa shape index (κ2) is 7.09. The monoisotopic (exact) mass is 313 g/mol. The van der Waals surface area contributed by atoms with Crippen LogP contribution in [0.25, 0.3) is 0 Å². The topological polar surface area (TPSA) is 75.4 Å². The van der Waals surface area contributed by atoms with Crippen molar-refractivity contribution < 1.29 is 14.0 Å². The number of aromatic nitrogens is 1. The highest BCUT2D eigenvalue weighted by molar-refractivity contribution is 5.94. The van der Waals surface area contributed by atoms with Crippen LogP contribution in [0.2, 0.25) is 0 Å². The SMILES string of the molecule is O=C(NCC1CCN(C(=O)c2ccncc2)CC1)c1ccco1. The molecule has 0 saturated carbocycles. The van der Waals surface area contributed by atoms with E-state index in [1.807, 2.05) is 4.90 Å². The number of hydrogen-bond acceptors (Lipinski definition) is 4. The van der Waals surface area contributed by atoms with E-state index >= 15 is 0 Å². The van der Waals surface area contributed by atoms with Gasteiger partial charge in [-0.1, -0.05) is 0 Å². The Bertz CT molecular complexity index is 647. The summed E-state index contributed by atoms with van der Waals surface area (Å²) in [5.41, 5.74) is 0.671. The number of carbonyl (C=O) groups is 2. The zero-order chi connectivity index (χ0) is 16.1. The highest BCUT2D eigenvalue weighted by atomic mass is 16.3. The lowest BCUT2D eigenvalue weighted by molar-refractivity contribution is 0.0683. The Hall–Kier alpha value is -2.63. The number of furan rings is 1. The first-order valence-electron chi connectivity index (χ1n) is 7.75. The molecule has 23 heavy (non-hydrogen) atoms. The van der Waals surface area contributed by atoms with Crippen LogP contribution < -0.4 is 5.32 Å². The van der Waals surface area contributed by atoms with Crippen LogP contribution in [0.4, 0.5) is 0 Å². The van der Waals surface area contributed by atoms with Crippen molar-refractivity contribution >= 4 is 11.8 Å². The number of carbonyl (C=O) groups excluding carboxylic acids is 2. The lowest BCUT2D eigenvalue weighted by Crippen LogP contribution is -2.41. The second-order valence-electron chi connectivity index (χ2n) is 5.66. The van der Waals surface area contributed by atoms with Crippen LogP contribution in [-0.4, -0.2) is 41.3 Å². The van der Waals surface area contributed by atoms with Crippen LogP contribution in [0, 0.1) is 5.92 Å². The van der Waals surface area contributed by atoms with Gasteiger partial charge in [-0.2, -0.15) is 0 Å². The third-order valence-electron chi connectivity index (χ3n) is 4.13. The maximum atomic E-state index is 12.3. The molecule has 6 nitrogen and oxygen atoms in total. The van der Waals surface area contributed by atoms with Crippen molar-refractivity contribution in [1.82, 2.24) is 15.2 Å². The van der Waals surface area contributed by atoms with Crippen molar-refractivity contribution in [2.24, 2.45) is 5.92 Å². The summed E-state index contributed by atoms with van der Waals surface area (Å²) in [6.07, 6.45) is 6.51. The molecular formula is C17H19N3O3. The molecule has 1 aliphatic rings. The Balaban J connectivity index is 1.45. The van der Waals surface area contributed by atoms with Crippen molar-refractivity contribution in [3.05, 3.63) is 54.2 Å². The minimum absolute atomic E-state index is 0.0467. The van der Waals surface area contributed by atoms with Crippen LogP contribution in [-0.2, 0) is 0 Å². The molecule has 0 atom stereocenters. The Morgan fingerprint density at radius 1 is 1.22 bits per heavy atom. The van der Waals surface area contributed by atoms with Crippen LogP contribution in [0.5, 0.6) is 0 Å². The van der Waals surface area contributed by atoms with Crippen LogP contribution >= 0.6 is 0 Å². The summed E-state index contributed by atoms with van der Waals surface area (Å²) in [7, 11) is 0. The highest BCUT2D eigenvalue weighted by Gasteiger charge is 2.24. The van der Waals surface area contributed by atoms with E-state index in [1.54, 1.807) is 36.7 Å². The molecule has 0 unspecified atom stereocenters. The van der Waals surface area contributed by atoms with Crippen molar-refractivity contribution in [3.63, 3.8) is 0 Å². The third-order valence-corrected chi connectivity index (χ3v) is 4.13. The number of piperidine rings is 1. The van der Waals surface area contributed by atoms with Gasteiger partial charge in [0.25, 0.3) is 11.8 Å². The minimum atomic E-state index is -0.190. The summed E-state index contributed by atoms with van der Waals surface area (Å²) in [6, 6.07) is 6.81. The van der Waals surface area contributed by atoms with Gasteiger partial charge in [-0.15, -0.1) is 0 Å². The van der Waals surface area contributed by atoms with E-state index in [4.69, 9.17) is 4.42 Å². The fourth-order valence-electron chi connectivity index (χ4n) is 2.75. The molecule has 0 aliphatic carbocycles. The average molecular weight is 313 g/mol. The molecular weight excluding hydrogens is 294 g/mol. The molecule has 2 amide bonds. The summed E-state index contributed by atoms with van der Waals surface area (Å²) in [5, 5.41) is 2.89. The molecule has 3 rings (SSSR count). The van der Waals surface area contributed by atoms with Crippen molar-refractivity contribution in [2.75, 3.05) is 19.6 Å². The summed E-state index contributed by atoms with van der Waals surface area (Å²) >= 11 is 0. The Morgan fingerprint density at radius 2 is 1.96 bits per heavy atom. The number of likely N-dealkylation sites (tertiary alicyclic amines) is 1. The standard InChI is InChI=1S/C17H19N3O3/c21-16(15-2-1-11-23-15)19-12-13-5-9-20(10-6-13)17(22)14-3-7-18-8-4-14/h1-4,7-8,11,13H,5-6,9-10,12H2,(H,19,21). The second-order valence-corrected chi connectivity index (χ2v) is 5.66. The largest absolute Gasteiger partial charge is 0.459 e. The quantitative estimate of drug-likeness (QED) is 0.936. The lowest BCUT2D eigenvalue weighted by atomic mass is 9.96. The van der Waals surface area contributed by atoms with Gasteiger partial charge in [0.1, 0.15) is 0 Å². The van der Waals surface area contributed by atoms with E-state index in [9.17, 15) is 9.59 Å². The summed E-state index contributed by atoms with van der Waals surface area (Å²) < 4.78 is 5.06. The van der Waals surface area contributed by atoms with E-state index in [0.717, 1.165) is 12.8 Å². The zero-order valence-corrected chi connectivity index (χ0v) is 12.8. The molecule has 2 aromatic heterocycles. The van der Waals surface area contributed by atoms with Gasteiger partial charge in [0.15, 0.2) is 5.76 Å². The van der Waals surface area contributed by atoms with E-state index in [1.165, 1.54) is 6.26 Å². The fraction of sp³-hybridized carbons (Fsp3) is 0.353. The van der Waals surface area contributed by atoms with Gasteiger partial charge in [-0.05, 0) is 43.0 Å². The van der Waals surface area contributed by atoms with Gasteiger partial charge in [-0.25, -0.2) is 0 Å². The van der Waals surface area contributed by atoms with Gasteiger partial charge in [0, 0.05) is 37.6 Å². The molecule has 2 aromatic rings. The highest BCUT2D eigenvalue weighted by Crippen LogP contribution is 2.18. The maximum absolute atomic E-state index is 12.3. The van der Waals surface area contributed by atoms with E-state index in [-0.39, 0.29) is 11.8 Å². The van der Waals surface area contributed by atoms with Crippen molar-refractivity contribution in [2.45, 2.75) is 12.8 Å². The molecule has 3 heterocycles. The third kappa shape index (κ3) is 3.77. The molecule has 1 fully saturated rings. The molecule has 120 valence electrons. The lowest BCUT2D eigenvalue weighted by Gasteiger charge is -2.32. The van der Waals surface area contributed by atoms with E-state index in [2.05, 4.69) is 10.3 Å². The van der Waals surface area contributed by atoms with Gasteiger partial charge in [0.05, 0.1) is 6.26 Å². The Labute approximate surface area is 134 Å². The Morgan fingerprint density at radius 3 is 2.61 bits per heavy atom. The number of hydrogen-bond donors (Lipinski definition) is 1. The molecule has 1 aliphatic heterocycles. The molecule has 1 N–H and O–H groups in total. The van der Waals surface area contributed by atoms with Crippen molar-refractivity contribution in [3.8, 4) is 0 Å². The first-order valence-corrected chi connectivity index (χ1v) is 7.75. The number of amides is 2. The summed E-state index contributed by atoms with van der Waals surface area (Å²) in [4.78, 5) is 30.0. The molecule has 0 radical (unpaired) electrons. The smallest absolute Gasteiger partial charge is 0.286 e. The zero-order valence-electron chi connectivity index (χ0n) is 12.8. The first kappa shape index (κ1) is 15.3. The number of rotatable bonds is 4. The summed E-state index contributed by atoms with van der Waals surface area (Å²) in [6.45, 7) is 2.03. The molecule has 0 spiro atoms. The van der Waals surface area contributed by atoms with Gasteiger partial charge >= 0.3 is 0 Å². The first-order chi connectivity index (χ1) is 11.2. The van der Waals surface area contributed by atoms with Gasteiger partial charge in [0.2, 0.25) is 0 Å². The molecule has 6 heteroatoms. The molecule has 0 bridgehead atoms. The normalized spacial score (nSPS) is 15.4. The molecule has 0 aromatic carbocycles. The van der Waals surface area contributed by atoms with E-state index in [0.29, 0.717) is 36.9 Å².